The van der Waals surface area contributed by atoms with Gasteiger partial charge in [-0.05, 0) is 63.8 Å². The number of esters is 2. The van der Waals surface area contributed by atoms with E-state index in [1.165, 1.54) is 6.92 Å². The molecule has 3 unspecified atom stereocenters. The van der Waals surface area contributed by atoms with Gasteiger partial charge in [-0.25, -0.2) is 4.79 Å². The van der Waals surface area contributed by atoms with Crippen molar-refractivity contribution in [1.29, 1.82) is 0 Å². The number of methoxy groups -OCH3 is 1. The SMILES string of the molecule is COc1c(C)cc2c(c1O)C1[C@@H]3[C@@H]4SC[C@]5(N[C@@H](CO)Cc6c5oc5ccccc65)C(=O)OC[C@@H](c5c6c(c(C)c(OC(C)=O)c54)OCO6)N3C3(C)CN1C2(C)C3. The molecule has 0 radical (unpaired) electrons. The monoisotopic (exact) mass is 795 g/mol. The van der Waals surface area contributed by atoms with E-state index in [4.69, 9.17) is 28.1 Å². The molecule has 0 aliphatic carbocycles. The predicted molar refractivity (Wildman–Crippen MR) is 208 cm³/mol. The number of hydrogen-bond donors (Lipinski definition) is 3. The van der Waals surface area contributed by atoms with Gasteiger partial charge in [0, 0.05) is 75.6 Å². The van der Waals surface area contributed by atoms with Crippen molar-refractivity contribution < 1.29 is 47.9 Å². The lowest BCUT2D eigenvalue weighted by Crippen LogP contribution is -2.66. The molecule has 8 atom stereocenters. The highest BCUT2D eigenvalue weighted by Gasteiger charge is 2.71. The number of aliphatic hydroxyl groups is 1. The minimum atomic E-state index is -1.47. The minimum Gasteiger partial charge on any atom is -0.504 e. The Bertz CT molecular complexity index is 2470. The second-order valence-electron chi connectivity index (χ2n) is 17.3. The quantitative estimate of drug-likeness (QED) is 0.181. The van der Waals surface area contributed by atoms with Gasteiger partial charge in [0.1, 0.15) is 23.7 Å². The molecule has 0 saturated carbocycles. The second-order valence-corrected chi connectivity index (χ2v) is 18.4. The van der Waals surface area contributed by atoms with Gasteiger partial charge in [-0.15, -0.1) is 11.8 Å². The molecule has 3 N–H and O–H groups in total. The smallest absolute Gasteiger partial charge is 0.335 e. The number of phenolic OH excluding ortho intramolecular Hbond substituents is 1. The van der Waals surface area contributed by atoms with Crippen LogP contribution in [0.5, 0.6) is 28.7 Å². The normalized spacial score (nSPS) is 33.2. The molecular formula is C43H45N3O10S. The van der Waals surface area contributed by atoms with E-state index < -0.39 is 45.9 Å². The standard InChI is InChI=1S/C43H45N3O10S/c1-19-11-25-28(33(49)34(19)51-6)31-32-38-30-29(37-36(53-18-54-37)20(2)35(30)55-21(3)48)26(46(32)41(4)15-42(25,5)45(31)16-41)14-52-40(50)43(17-57-38)39-24(12-22(13-47)44-43)23-9-7-8-10-27(23)56-39/h7-11,22,26,31-32,38,44,47,49H,12-18H2,1-6H3/t22-,26+,31?,32-,38-,41?,42?,43-/m1/s1. The Morgan fingerprint density at radius 1 is 1.09 bits per heavy atom. The summed E-state index contributed by atoms with van der Waals surface area (Å²) < 4.78 is 37.7. The molecule has 9 heterocycles. The van der Waals surface area contributed by atoms with Crippen molar-refractivity contribution >= 4 is 34.7 Å². The first-order chi connectivity index (χ1) is 27.3. The van der Waals surface area contributed by atoms with E-state index in [1.807, 2.05) is 38.1 Å². The van der Waals surface area contributed by atoms with Crippen LogP contribution in [0, 0.1) is 13.8 Å². The fourth-order valence-electron chi connectivity index (χ4n) is 12.1. The van der Waals surface area contributed by atoms with Crippen molar-refractivity contribution in [3.63, 3.8) is 0 Å². The van der Waals surface area contributed by atoms with E-state index in [2.05, 4.69) is 35.0 Å². The lowest BCUT2D eigenvalue weighted by molar-refractivity contribution is -0.159. The van der Waals surface area contributed by atoms with Crippen molar-refractivity contribution in [3.8, 4) is 28.7 Å². The second kappa shape index (κ2) is 11.8. The maximum Gasteiger partial charge on any atom is 0.335 e. The number of carbonyl (C=O) groups excluding carboxylic acids is 2. The van der Waals surface area contributed by atoms with E-state index in [0.717, 1.165) is 45.2 Å². The number of phenols is 1. The van der Waals surface area contributed by atoms with E-state index >= 15 is 4.79 Å². The molecule has 14 heteroatoms. The van der Waals surface area contributed by atoms with E-state index in [1.54, 1.807) is 18.9 Å². The number of nitrogens with zero attached hydrogens (tertiary/aromatic N) is 2. The summed E-state index contributed by atoms with van der Waals surface area (Å²) in [4.78, 5) is 33.2. The lowest BCUT2D eigenvalue weighted by atomic mass is 9.72. The largest absolute Gasteiger partial charge is 0.504 e. The number of para-hydroxylation sites is 1. The van der Waals surface area contributed by atoms with Crippen molar-refractivity contribution in [2.45, 2.75) is 93.5 Å². The third kappa shape index (κ3) is 4.40. The van der Waals surface area contributed by atoms with Gasteiger partial charge in [0.05, 0.1) is 31.1 Å². The van der Waals surface area contributed by atoms with Crippen LogP contribution >= 0.6 is 11.8 Å². The van der Waals surface area contributed by atoms with Gasteiger partial charge in [0.15, 0.2) is 28.5 Å². The maximum absolute atomic E-state index is 15.0. The van der Waals surface area contributed by atoms with Crippen molar-refractivity contribution in [2.75, 3.05) is 39.4 Å². The Balaban J connectivity index is 1.19. The van der Waals surface area contributed by atoms with E-state index in [0.29, 0.717) is 52.9 Å². The van der Waals surface area contributed by atoms with Crippen LogP contribution in [-0.4, -0.2) is 89.0 Å². The zero-order valence-electron chi connectivity index (χ0n) is 32.7. The molecular weight excluding hydrogens is 751 g/mol. The number of ether oxygens (including phenoxy) is 5. The number of aromatic hydroxyl groups is 1. The van der Waals surface area contributed by atoms with Crippen LogP contribution in [0.2, 0.25) is 0 Å². The Hall–Kier alpha value is -4.47. The number of rotatable bonds is 3. The summed E-state index contributed by atoms with van der Waals surface area (Å²) in [6.07, 6.45) is 1.22. The van der Waals surface area contributed by atoms with Crippen LogP contribution in [0.4, 0.5) is 0 Å². The number of aliphatic hydroxyl groups excluding tert-OH is 1. The van der Waals surface area contributed by atoms with Crippen LogP contribution in [0.1, 0.15) is 89.2 Å². The Morgan fingerprint density at radius 2 is 1.88 bits per heavy atom. The predicted octanol–water partition coefficient (Wildman–Crippen LogP) is 5.32. The molecule has 3 aromatic carbocycles. The van der Waals surface area contributed by atoms with Gasteiger partial charge in [-0.3, -0.25) is 19.9 Å². The number of aryl methyl sites for hydroxylation is 1. The van der Waals surface area contributed by atoms with Crippen LogP contribution in [0.15, 0.2) is 34.7 Å². The van der Waals surface area contributed by atoms with Crippen molar-refractivity contribution in [3.05, 3.63) is 75.0 Å². The first kappa shape index (κ1) is 35.7. The van der Waals surface area contributed by atoms with Gasteiger partial charge >= 0.3 is 11.9 Å². The molecule has 1 aromatic heterocycles. The lowest BCUT2D eigenvalue weighted by Gasteiger charge is -2.60. The van der Waals surface area contributed by atoms with Gasteiger partial charge in [0.25, 0.3) is 0 Å². The summed E-state index contributed by atoms with van der Waals surface area (Å²) in [5.41, 5.74) is 4.21. The summed E-state index contributed by atoms with van der Waals surface area (Å²) in [7, 11) is 1.59. The third-order valence-corrected chi connectivity index (χ3v) is 15.5. The highest BCUT2D eigenvalue weighted by Crippen LogP contribution is 2.71. The van der Waals surface area contributed by atoms with Gasteiger partial charge in [-0.1, -0.05) is 18.2 Å². The highest BCUT2D eigenvalue weighted by molar-refractivity contribution is 7.99. The molecule has 8 aliphatic heterocycles. The summed E-state index contributed by atoms with van der Waals surface area (Å²) in [6, 6.07) is 8.24. The van der Waals surface area contributed by atoms with Crippen LogP contribution in [0.25, 0.3) is 11.0 Å². The zero-order valence-corrected chi connectivity index (χ0v) is 33.5. The summed E-state index contributed by atoms with van der Waals surface area (Å²) >= 11 is 1.56. The van der Waals surface area contributed by atoms with Crippen LogP contribution < -0.4 is 24.3 Å². The molecule has 4 bridgehead atoms. The van der Waals surface area contributed by atoms with E-state index in [9.17, 15) is 15.0 Å². The van der Waals surface area contributed by atoms with Gasteiger partial charge in [-0.2, -0.15) is 0 Å². The Kier molecular flexibility index (Phi) is 7.39. The minimum absolute atomic E-state index is 0.00354. The number of benzene rings is 3. The first-order valence-corrected chi connectivity index (χ1v) is 20.7. The van der Waals surface area contributed by atoms with Crippen molar-refractivity contribution in [2.24, 2.45) is 0 Å². The fraction of sp³-hybridized carbons (Fsp3) is 0.488. The number of furan rings is 1. The summed E-state index contributed by atoms with van der Waals surface area (Å²) in [5.74, 6) is 1.73. The summed E-state index contributed by atoms with van der Waals surface area (Å²) in [6.45, 7) is 10.2. The van der Waals surface area contributed by atoms with Crippen LogP contribution in [0.3, 0.4) is 0 Å². The fourth-order valence-corrected chi connectivity index (χ4v) is 13.8. The topological polar surface area (TPSA) is 152 Å². The van der Waals surface area contributed by atoms with Gasteiger partial charge < -0.3 is 38.3 Å². The number of carbonyl (C=O) groups is 2. The zero-order chi connectivity index (χ0) is 39.5. The first-order valence-electron chi connectivity index (χ1n) is 19.6. The maximum atomic E-state index is 15.0. The summed E-state index contributed by atoms with van der Waals surface area (Å²) in [5, 5.41) is 26.9. The number of thioether (sulfide) groups is 1. The Labute approximate surface area is 333 Å². The molecule has 1 spiro atoms. The molecule has 57 heavy (non-hydrogen) atoms. The molecule has 13 nitrogen and oxygen atoms in total. The average Bonchev–Trinajstić information content (AvgIpc) is 3.93. The third-order valence-electron chi connectivity index (χ3n) is 14.0. The average molecular weight is 796 g/mol. The molecule has 8 aliphatic rings. The molecule has 3 saturated heterocycles. The number of nitrogens with one attached hydrogen (secondary N) is 1. The molecule has 4 aromatic rings. The molecule has 3 fully saturated rings. The van der Waals surface area contributed by atoms with Crippen molar-refractivity contribution in [1.82, 2.24) is 15.1 Å². The number of hydrogen-bond acceptors (Lipinski definition) is 14. The Morgan fingerprint density at radius 3 is 2.65 bits per heavy atom. The highest BCUT2D eigenvalue weighted by atomic mass is 32.2. The molecule has 298 valence electrons. The molecule has 12 rings (SSSR count). The van der Waals surface area contributed by atoms with Crippen LogP contribution in [-0.2, 0) is 31.8 Å². The van der Waals surface area contributed by atoms with E-state index in [-0.39, 0.29) is 43.6 Å². The number of fused-ring (bicyclic) bond motifs is 11. The number of piperazine rings is 1. The van der Waals surface area contributed by atoms with Gasteiger partial charge in [0.2, 0.25) is 6.79 Å². The molecule has 0 amide bonds.